The molecule has 4 rings (SSSR count). The van der Waals surface area contributed by atoms with Crippen molar-refractivity contribution in [1.29, 1.82) is 0 Å². The van der Waals surface area contributed by atoms with E-state index in [4.69, 9.17) is 5.10 Å². The number of fused-ring (bicyclic) bond motifs is 1. The van der Waals surface area contributed by atoms with Gasteiger partial charge in [-0.2, -0.15) is 5.10 Å². The zero-order valence-corrected chi connectivity index (χ0v) is 20.3. The topological polar surface area (TPSA) is 87.5 Å². The van der Waals surface area contributed by atoms with Crippen LogP contribution in [-0.2, 0) is 6.42 Å². The number of hydrogen-bond acceptors (Lipinski definition) is 6. The zero-order valence-electron chi connectivity index (χ0n) is 19.5. The fraction of sp³-hybridized carbons (Fsp3) is 0.259. The van der Waals surface area contributed by atoms with Crippen LogP contribution in [0.5, 0.6) is 0 Å². The third-order valence-corrected chi connectivity index (χ3v) is 6.90. The van der Waals surface area contributed by atoms with Gasteiger partial charge < -0.3 is 5.11 Å². The van der Waals surface area contributed by atoms with E-state index in [-0.39, 0.29) is 11.6 Å². The molecule has 1 aromatic carbocycles. The summed E-state index contributed by atoms with van der Waals surface area (Å²) in [6.07, 6.45) is 7.44. The van der Waals surface area contributed by atoms with Crippen LogP contribution >= 0.6 is 11.3 Å². The predicted molar refractivity (Wildman–Crippen MR) is 141 cm³/mol. The van der Waals surface area contributed by atoms with E-state index in [0.29, 0.717) is 10.8 Å². The molecule has 0 bridgehead atoms. The molecule has 2 aromatic heterocycles. The second-order valence-corrected chi connectivity index (χ2v) is 9.55. The van der Waals surface area contributed by atoms with Gasteiger partial charge in [-0.05, 0) is 67.0 Å². The van der Waals surface area contributed by atoms with Crippen LogP contribution in [0.2, 0.25) is 0 Å². The molecule has 0 saturated carbocycles. The van der Waals surface area contributed by atoms with E-state index >= 15 is 0 Å². The number of carbonyl (C=O) groups is 1. The standard InChI is InChI=1S/C27H28N4O2S/c1-5-21-24(6-2)34-27(29-21)31-30-23-10-8-7-9-17-11-12-18(15-20(17)23)22-14-13-19(16(3)4)25(28-22)26(32)33/h5-6,11-16H,1-2,7-10H2,3-4H3,(H,29,31)(H,32,33)/b30-23+. The minimum atomic E-state index is -1.01. The SMILES string of the molecule is C=Cc1nc(N/N=C2\CCCCc3ccc(-c4ccc(C(C)C)c(C(=O)O)n4)cc32)sc1C=C. The molecule has 0 aliphatic heterocycles. The lowest BCUT2D eigenvalue weighted by Crippen LogP contribution is -2.09. The fourth-order valence-corrected chi connectivity index (χ4v) is 4.91. The van der Waals surface area contributed by atoms with Gasteiger partial charge >= 0.3 is 5.97 Å². The van der Waals surface area contributed by atoms with Gasteiger partial charge in [0.25, 0.3) is 0 Å². The van der Waals surface area contributed by atoms with E-state index < -0.39 is 5.97 Å². The summed E-state index contributed by atoms with van der Waals surface area (Å²) in [7, 11) is 0. The first-order valence-electron chi connectivity index (χ1n) is 11.4. The van der Waals surface area contributed by atoms with Crippen LogP contribution in [-0.4, -0.2) is 26.8 Å². The van der Waals surface area contributed by atoms with E-state index in [1.54, 1.807) is 12.2 Å². The number of anilines is 1. The molecular weight excluding hydrogens is 444 g/mol. The van der Waals surface area contributed by atoms with E-state index in [0.717, 1.165) is 58.7 Å². The van der Waals surface area contributed by atoms with E-state index in [2.05, 4.69) is 40.7 Å². The summed E-state index contributed by atoms with van der Waals surface area (Å²) in [6, 6.07) is 9.98. The van der Waals surface area contributed by atoms with Crippen molar-refractivity contribution in [2.75, 3.05) is 5.43 Å². The molecule has 174 valence electrons. The van der Waals surface area contributed by atoms with Crippen molar-refractivity contribution in [3.05, 3.63) is 76.4 Å². The summed E-state index contributed by atoms with van der Waals surface area (Å²) >= 11 is 1.48. The lowest BCUT2D eigenvalue weighted by Gasteiger charge is -2.13. The third kappa shape index (κ3) is 4.84. The Bertz CT molecular complexity index is 1260. The first-order chi connectivity index (χ1) is 16.4. The number of rotatable bonds is 7. The average Bonchev–Trinajstić information content (AvgIpc) is 3.14. The maximum absolute atomic E-state index is 11.8. The molecule has 2 heterocycles. The maximum atomic E-state index is 11.8. The van der Waals surface area contributed by atoms with Crippen molar-refractivity contribution in [2.24, 2.45) is 5.10 Å². The largest absolute Gasteiger partial charge is 0.477 e. The molecule has 0 spiro atoms. The normalized spacial score (nSPS) is 14.5. The van der Waals surface area contributed by atoms with Crippen LogP contribution in [0.25, 0.3) is 23.4 Å². The molecule has 0 atom stereocenters. The predicted octanol–water partition coefficient (Wildman–Crippen LogP) is 6.86. The van der Waals surface area contributed by atoms with Gasteiger partial charge in [-0.3, -0.25) is 5.43 Å². The summed E-state index contributed by atoms with van der Waals surface area (Å²) in [4.78, 5) is 21.8. The molecule has 0 unspecified atom stereocenters. The second kappa shape index (κ2) is 10.1. The Hall–Kier alpha value is -3.58. The molecule has 6 nitrogen and oxygen atoms in total. The Balaban J connectivity index is 1.72. The Morgan fingerprint density at radius 3 is 2.62 bits per heavy atom. The fourth-order valence-electron chi connectivity index (χ4n) is 4.15. The van der Waals surface area contributed by atoms with Crippen molar-refractivity contribution >= 4 is 40.3 Å². The molecule has 3 aromatic rings. The Morgan fingerprint density at radius 2 is 1.94 bits per heavy atom. The molecule has 34 heavy (non-hydrogen) atoms. The number of carboxylic acids is 1. The summed E-state index contributed by atoms with van der Waals surface area (Å²) in [5.41, 5.74) is 9.54. The van der Waals surface area contributed by atoms with Gasteiger partial charge in [-0.25, -0.2) is 14.8 Å². The number of nitrogens with one attached hydrogen (secondary N) is 1. The van der Waals surface area contributed by atoms with Crippen LogP contribution in [0.3, 0.4) is 0 Å². The second-order valence-electron chi connectivity index (χ2n) is 8.52. The number of pyridine rings is 1. The smallest absolute Gasteiger partial charge is 0.354 e. The number of benzene rings is 1. The van der Waals surface area contributed by atoms with Gasteiger partial charge in [0.1, 0.15) is 0 Å². The molecule has 0 amide bonds. The minimum absolute atomic E-state index is 0.0820. The third-order valence-electron chi connectivity index (χ3n) is 5.92. The summed E-state index contributed by atoms with van der Waals surface area (Å²) in [5, 5.41) is 15.1. The van der Waals surface area contributed by atoms with Gasteiger partial charge in [0, 0.05) is 11.1 Å². The molecule has 1 aliphatic rings. The first kappa shape index (κ1) is 23.6. The zero-order chi connectivity index (χ0) is 24.2. The highest BCUT2D eigenvalue weighted by atomic mass is 32.1. The lowest BCUT2D eigenvalue weighted by molar-refractivity contribution is 0.0689. The van der Waals surface area contributed by atoms with Gasteiger partial charge in [-0.15, -0.1) is 0 Å². The van der Waals surface area contributed by atoms with E-state index in [9.17, 15) is 9.90 Å². The number of thiazole rings is 1. The number of aryl methyl sites for hydroxylation is 1. The quantitative estimate of drug-likeness (QED) is 0.290. The monoisotopic (exact) mass is 472 g/mol. The number of aromatic nitrogens is 2. The molecule has 1 aliphatic carbocycles. The molecule has 0 radical (unpaired) electrons. The number of hydrogen-bond donors (Lipinski definition) is 2. The van der Waals surface area contributed by atoms with Gasteiger partial charge in [0.2, 0.25) is 5.13 Å². The van der Waals surface area contributed by atoms with E-state index in [1.807, 2.05) is 32.0 Å². The highest BCUT2D eigenvalue weighted by Crippen LogP contribution is 2.30. The molecule has 0 fully saturated rings. The maximum Gasteiger partial charge on any atom is 0.354 e. The van der Waals surface area contributed by atoms with Gasteiger partial charge in [0.05, 0.1) is 22.0 Å². The molecule has 2 N–H and O–H groups in total. The minimum Gasteiger partial charge on any atom is -0.477 e. The first-order valence-corrected chi connectivity index (χ1v) is 12.2. The Labute approximate surface area is 203 Å². The highest BCUT2D eigenvalue weighted by molar-refractivity contribution is 7.16. The Kier molecular flexibility index (Phi) is 7.03. The number of nitrogens with zero attached hydrogens (tertiary/aromatic N) is 3. The van der Waals surface area contributed by atoms with Crippen LogP contribution in [0, 0.1) is 0 Å². The number of carboxylic acid groups (broad SMARTS) is 1. The summed E-state index contributed by atoms with van der Waals surface area (Å²) in [5.74, 6) is -0.924. The molecular formula is C27H28N4O2S. The van der Waals surface area contributed by atoms with Crippen LogP contribution < -0.4 is 5.43 Å². The lowest BCUT2D eigenvalue weighted by atomic mass is 9.96. The van der Waals surface area contributed by atoms with Crippen molar-refractivity contribution < 1.29 is 9.90 Å². The molecule has 7 heteroatoms. The van der Waals surface area contributed by atoms with Crippen LogP contribution in [0.1, 0.15) is 76.8 Å². The highest BCUT2D eigenvalue weighted by Gasteiger charge is 2.19. The number of hydrazone groups is 1. The Morgan fingerprint density at radius 1 is 1.15 bits per heavy atom. The molecule has 0 saturated heterocycles. The number of aromatic carboxylic acids is 1. The van der Waals surface area contributed by atoms with Crippen LogP contribution in [0.15, 0.2) is 48.6 Å². The van der Waals surface area contributed by atoms with Crippen molar-refractivity contribution in [2.45, 2.75) is 45.4 Å². The average molecular weight is 473 g/mol. The summed E-state index contributed by atoms with van der Waals surface area (Å²) in [6.45, 7) is 11.6. The van der Waals surface area contributed by atoms with Crippen LogP contribution in [0.4, 0.5) is 5.13 Å². The van der Waals surface area contributed by atoms with Gasteiger partial charge in [0.15, 0.2) is 5.69 Å². The van der Waals surface area contributed by atoms with Crippen molar-refractivity contribution in [3.8, 4) is 11.3 Å². The van der Waals surface area contributed by atoms with Gasteiger partial charge in [-0.1, -0.05) is 56.5 Å². The summed E-state index contributed by atoms with van der Waals surface area (Å²) < 4.78 is 0. The van der Waals surface area contributed by atoms with Crippen molar-refractivity contribution in [1.82, 2.24) is 9.97 Å². The van der Waals surface area contributed by atoms with E-state index in [1.165, 1.54) is 16.9 Å². The van der Waals surface area contributed by atoms with Crippen molar-refractivity contribution in [3.63, 3.8) is 0 Å².